The van der Waals surface area contributed by atoms with Gasteiger partial charge in [0.2, 0.25) is 0 Å². The zero-order valence-electron chi connectivity index (χ0n) is 13.7. The minimum absolute atomic E-state index is 0.150. The molecule has 0 aliphatic heterocycles. The Balaban J connectivity index is 1.63. The van der Waals surface area contributed by atoms with Crippen LogP contribution < -0.4 is 10.1 Å². The third kappa shape index (κ3) is 3.84. The number of carbonyl (C=O) groups is 1. The first-order chi connectivity index (χ1) is 11.6. The Morgan fingerprint density at radius 1 is 0.958 bits per heavy atom. The second-order valence-corrected chi connectivity index (χ2v) is 5.58. The van der Waals surface area contributed by atoms with Gasteiger partial charge in [0.25, 0.3) is 5.91 Å². The van der Waals surface area contributed by atoms with Crippen LogP contribution in [0.25, 0.3) is 0 Å². The number of aryl methyl sites for hydroxylation is 1. The van der Waals surface area contributed by atoms with Crippen LogP contribution in [0.4, 0.5) is 0 Å². The predicted molar refractivity (Wildman–Crippen MR) is 92.3 cm³/mol. The SMILES string of the molecule is Cc1ccc(C(C)NC(=O)c2ccc(Oc3ccccc3)cc2)o1. The summed E-state index contributed by atoms with van der Waals surface area (Å²) in [5.74, 6) is 2.87. The molecule has 122 valence electrons. The molecule has 0 saturated heterocycles. The Labute approximate surface area is 141 Å². The summed E-state index contributed by atoms with van der Waals surface area (Å²) in [6.45, 7) is 3.77. The molecule has 0 radical (unpaired) electrons. The normalized spacial score (nSPS) is 11.8. The molecule has 0 aliphatic carbocycles. The van der Waals surface area contributed by atoms with Crippen LogP contribution in [-0.4, -0.2) is 5.91 Å². The Kier molecular flexibility index (Phi) is 4.66. The lowest BCUT2D eigenvalue weighted by molar-refractivity contribution is 0.0935. The van der Waals surface area contributed by atoms with Crippen LogP contribution in [0.1, 0.15) is 34.8 Å². The van der Waals surface area contributed by atoms with Crippen LogP contribution in [0, 0.1) is 6.92 Å². The maximum Gasteiger partial charge on any atom is 0.251 e. The van der Waals surface area contributed by atoms with Crippen molar-refractivity contribution >= 4 is 5.91 Å². The van der Waals surface area contributed by atoms with Gasteiger partial charge in [-0.1, -0.05) is 18.2 Å². The van der Waals surface area contributed by atoms with E-state index in [2.05, 4.69) is 5.32 Å². The van der Waals surface area contributed by atoms with Crippen LogP contribution in [0.3, 0.4) is 0 Å². The molecule has 1 N–H and O–H groups in total. The fraction of sp³-hybridized carbons (Fsp3) is 0.150. The predicted octanol–water partition coefficient (Wildman–Crippen LogP) is 4.87. The molecule has 1 aromatic heterocycles. The lowest BCUT2D eigenvalue weighted by Crippen LogP contribution is -2.26. The summed E-state index contributed by atoms with van der Waals surface area (Å²) >= 11 is 0. The van der Waals surface area contributed by atoms with E-state index in [1.807, 2.05) is 56.3 Å². The van der Waals surface area contributed by atoms with Gasteiger partial charge in [-0.25, -0.2) is 0 Å². The summed E-state index contributed by atoms with van der Waals surface area (Å²) in [6.07, 6.45) is 0. The number of rotatable bonds is 5. The summed E-state index contributed by atoms with van der Waals surface area (Å²) in [7, 11) is 0. The Hall–Kier alpha value is -3.01. The Morgan fingerprint density at radius 2 is 1.62 bits per heavy atom. The van der Waals surface area contributed by atoms with E-state index in [1.54, 1.807) is 24.3 Å². The van der Waals surface area contributed by atoms with E-state index in [0.29, 0.717) is 11.3 Å². The number of ether oxygens (including phenoxy) is 1. The quantitative estimate of drug-likeness (QED) is 0.729. The molecule has 1 heterocycles. The highest BCUT2D eigenvalue weighted by Crippen LogP contribution is 2.21. The molecule has 0 spiro atoms. The van der Waals surface area contributed by atoms with E-state index < -0.39 is 0 Å². The molecular weight excluding hydrogens is 302 g/mol. The number of amides is 1. The lowest BCUT2D eigenvalue weighted by Gasteiger charge is -2.12. The maximum absolute atomic E-state index is 12.3. The highest BCUT2D eigenvalue weighted by atomic mass is 16.5. The van der Waals surface area contributed by atoms with Gasteiger partial charge < -0.3 is 14.5 Å². The third-order valence-corrected chi connectivity index (χ3v) is 3.63. The highest BCUT2D eigenvalue weighted by Gasteiger charge is 2.14. The Morgan fingerprint density at radius 3 is 2.25 bits per heavy atom. The lowest BCUT2D eigenvalue weighted by atomic mass is 10.2. The number of carbonyl (C=O) groups excluding carboxylic acids is 1. The van der Waals surface area contributed by atoms with Gasteiger partial charge in [0, 0.05) is 5.56 Å². The standard InChI is InChI=1S/C20H19NO3/c1-14-8-13-19(23-14)15(2)21-20(22)16-9-11-18(12-10-16)24-17-6-4-3-5-7-17/h3-13,15H,1-2H3,(H,21,22). The molecule has 24 heavy (non-hydrogen) atoms. The fourth-order valence-corrected chi connectivity index (χ4v) is 2.34. The smallest absolute Gasteiger partial charge is 0.251 e. The molecule has 4 heteroatoms. The first-order valence-corrected chi connectivity index (χ1v) is 7.82. The van der Waals surface area contributed by atoms with Crippen molar-refractivity contribution in [1.29, 1.82) is 0 Å². The molecule has 1 unspecified atom stereocenters. The molecule has 0 bridgehead atoms. The van der Waals surface area contributed by atoms with Gasteiger partial charge in [-0.3, -0.25) is 4.79 Å². The van der Waals surface area contributed by atoms with Crippen molar-refractivity contribution < 1.29 is 13.9 Å². The molecule has 3 aromatic rings. The molecule has 2 aromatic carbocycles. The number of benzene rings is 2. The van der Waals surface area contributed by atoms with Crippen molar-refractivity contribution in [2.75, 3.05) is 0 Å². The van der Waals surface area contributed by atoms with Crippen molar-refractivity contribution in [3.05, 3.63) is 83.8 Å². The van der Waals surface area contributed by atoms with Crippen LogP contribution in [-0.2, 0) is 0 Å². The summed E-state index contributed by atoms with van der Waals surface area (Å²) in [4.78, 5) is 12.3. The number of nitrogens with one attached hydrogen (secondary N) is 1. The van der Waals surface area contributed by atoms with E-state index in [4.69, 9.17) is 9.15 Å². The van der Waals surface area contributed by atoms with E-state index in [9.17, 15) is 4.79 Å². The van der Waals surface area contributed by atoms with Crippen molar-refractivity contribution in [2.45, 2.75) is 19.9 Å². The zero-order valence-corrected chi connectivity index (χ0v) is 13.7. The van der Waals surface area contributed by atoms with E-state index >= 15 is 0 Å². The van der Waals surface area contributed by atoms with E-state index in [1.165, 1.54) is 0 Å². The zero-order chi connectivity index (χ0) is 16.9. The van der Waals surface area contributed by atoms with Crippen molar-refractivity contribution in [2.24, 2.45) is 0 Å². The Bertz CT molecular complexity index is 806. The number of furan rings is 1. The first kappa shape index (κ1) is 15.9. The minimum atomic E-state index is -0.188. The van der Waals surface area contributed by atoms with Crippen molar-refractivity contribution in [3.8, 4) is 11.5 Å². The number of hydrogen-bond acceptors (Lipinski definition) is 3. The van der Waals surface area contributed by atoms with Gasteiger partial charge in [0.05, 0.1) is 6.04 Å². The molecule has 3 rings (SSSR count). The molecular formula is C20H19NO3. The second-order valence-electron chi connectivity index (χ2n) is 5.58. The molecule has 1 amide bonds. The molecule has 4 nitrogen and oxygen atoms in total. The highest BCUT2D eigenvalue weighted by molar-refractivity contribution is 5.94. The first-order valence-electron chi connectivity index (χ1n) is 7.82. The fourth-order valence-electron chi connectivity index (χ4n) is 2.34. The summed E-state index contributed by atoms with van der Waals surface area (Å²) in [6, 6.07) is 20.1. The molecule has 0 saturated carbocycles. The largest absolute Gasteiger partial charge is 0.464 e. The monoisotopic (exact) mass is 321 g/mol. The number of hydrogen-bond donors (Lipinski definition) is 1. The third-order valence-electron chi connectivity index (χ3n) is 3.63. The van der Waals surface area contributed by atoms with E-state index in [-0.39, 0.29) is 11.9 Å². The van der Waals surface area contributed by atoms with Gasteiger partial charge in [-0.15, -0.1) is 0 Å². The van der Waals surface area contributed by atoms with Gasteiger partial charge in [-0.2, -0.15) is 0 Å². The summed E-state index contributed by atoms with van der Waals surface area (Å²) in [5, 5.41) is 2.92. The van der Waals surface area contributed by atoms with Gasteiger partial charge in [0.1, 0.15) is 23.0 Å². The second kappa shape index (κ2) is 7.04. The molecule has 0 aliphatic rings. The minimum Gasteiger partial charge on any atom is -0.464 e. The molecule has 1 atom stereocenters. The van der Waals surface area contributed by atoms with Crippen LogP contribution >= 0.6 is 0 Å². The van der Waals surface area contributed by atoms with E-state index in [0.717, 1.165) is 17.3 Å². The summed E-state index contributed by atoms with van der Waals surface area (Å²) in [5.41, 5.74) is 0.575. The van der Waals surface area contributed by atoms with Gasteiger partial charge in [-0.05, 0) is 62.4 Å². The number of para-hydroxylation sites is 1. The topological polar surface area (TPSA) is 51.5 Å². The summed E-state index contributed by atoms with van der Waals surface area (Å²) < 4.78 is 11.3. The van der Waals surface area contributed by atoms with Crippen LogP contribution in [0.5, 0.6) is 11.5 Å². The average Bonchev–Trinajstić information content (AvgIpc) is 3.03. The average molecular weight is 321 g/mol. The van der Waals surface area contributed by atoms with Gasteiger partial charge >= 0.3 is 0 Å². The van der Waals surface area contributed by atoms with Crippen LogP contribution in [0.2, 0.25) is 0 Å². The van der Waals surface area contributed by atoms with Crippen LogP contribution in [0.15, 0.2) is 71.1 Å². The van der Waals surface area contributed by atoms with Gasteiger partial charge in [0.15, 0.2) is 0 Å². The maximum atomic E-state index is 12.3. The van der Waals surface area contributed by atoms with Crippen molar-refractivity contribution in [3.63, 3.8) is 0 Å². The van der Waals surface area contributed by atoms with Crippen molar-refractivity contribution in [1.82, 2.24) is 5.32 Å². The molecule has 0 fully saturated rings.